The summed E-state index contributed by atoms with van der Waals surface area (Å²) in [5, 5.41) is 3.39. The van der Waals surface area contributed by atoms with E-state index in [9.17, 15) is 13.6 Å². The lowest BCUT2D eigenvalue weighted by Crippen LogP contribution is -2.33. The van der Waals surface area contributed by atoms with Crippen molar-refractivity contribution in [1.29, 1.82) is 0 Å². The molecule has 154 valence electrons. The number of amides is 1. The van der Waals surface area contributed by atoms with Gasteiger partial charge in [0, 0.05) is 44.5 Å². The van der Waals surface area contributed by atoms with Gasteiger partial charge >= 0.3 is 0 Å². The second-order valence-corrected chi connectivity index (χ2v) is 8.01. The van der Waals surface area contributed by atoms with E-state index >= 15 is 0 Å². The Morgan fingerprint density at radius 1 is 1.32 bits per heavy atom. The van der Waals surface area contributed by atoms with Crippen LogP contribution in [0.25, 0.3) is 5.52 Å². The molecule has 7 heteroatoms. The van der Waals surface area contributed by atoms with Gasteiger partial charge in [0.2, 0.25) is 5.92 Å². The number of rotatable bonds is 3. The number of aromatic nitrogens is 1. The third kappa shape index (κ3) is 5.23. The maximum Gasteiger partial charge on any atom is 0.253 e. The van der Waals surface area contributed by atoms with Crippen LogP contribution >= 0.6 is 11.6 Å². The van der Waals surface area contributed by atoms with Crippen LogP contribution in [-0.4, -0.2) is 36.0 Å². The first kappa shape index (κ1) is 21.1. The molecule has 3 heterocycles. The predicted octanol–water partition coefficient (Wildman–Crippen LogP) is 5.25. The summed E-state index contributed by atoms with van der Waals surface area (Å²) in [5.74, 6) is -2.63. The predicted molar refractivity (Wildman–Crippen MR) is 106 cm³/mol. The van der Waals surface area contributed by atoms with Gasteiger partial charge in [0.25, 0.3) is 5.91 Å². The summed E-state index contributed by atoms with van der Waals surface area (Å²) in [7, 11) is 0. The van der Waals surface area contributed by atoms with Crippen molar-refractivity contribution in [3.63, 3.8) is 0 Å². The lowest BCUT2D eigenvalue weighted by Gasteiger charge is -2.28. The summed E-state index contributed by atoms with van der Waals surface area (Å²) in [5.41, 5.74) is 2.12. The van der Waals surface area contributed by atoms with Gasteiger partial charge in [0.15, 0.2) is 0 Å². The minimum Gasteiger partial charge on any atom is -0.381 e. The fraction of sp³-hybridized carbons (Fsp3) is 0.571. The molecule has 1 N–H and O–H groups in total. The number of pyridine rings is 1. The average Bonchev–Trinajstić information content (AvgIpc) is 3.34. The van der Waals surface area contributed by atoms with Crippen LogP contribution in [0.5, 0.6) is 0 Å². The van der Waals surface area contributed by atoms with Gasteiger partial charge in [0.1, 0.15) is 0 Å². The normalized spacial score (nSPS) is 19.3. The summed E-state index contributed by atoms with van der Waals surface area (Å²) in [6.07, 6.45) is 5.13. The second kappa shape index (κ2) is 9.23. The molecule has 1 amide bonds. The van der Waals surface area contributed by atoms with Gasteiger partial charge in [-0.2, -0.15) is 0 Å². The molecular weight excluding hydrogens is 386 g/mol. The minimum absolute atomic E-state index is 0.0896. The van der Waals surface area contributed by atoms with Crippen molar-refractivity contribution in [2.75, 3.05) is 19.8 Å². The molecule has 4 nitrogen and oxygen atoms in total. The molecule has 0 bridgehead atoms. The molecule has 0 aromatic carbocycles. The average molecular weight is 413 g/mol. The summed E-state index contributed by atoms with van der Waals surface area (Å²) in [6.45, 7) is 4.33. The van der Waals surface area contributed by atoms with Crippen molar-refractivity contribution < 1.29 is 18.3 Å². The van der Waals surface area contributed by atoms with Gasteiger partial charge in [0.05, 0.1) is 16.1 Å². The fourth-order valence-corrected chi connectivity index (χ4v) is 3.97. The van der Waals surface area contributed by atoms with E-state index in [4.69, 9.17) is 16.3 Å². The lowest BCUT2D eigenvalue weighted by atomic mass is 9.87. The number of aryl methyl sites for hydroxylation is 1. The van der Waals surface area contributed by atoms with E-state index in [-0.39, 0.29) is 24.7 Å². The van der Waals surface area contributed by atoms with Gasteiger partial charge in [-0.1, -0.05) is 11.6 Å². The first-order chi connectivity index (χ1) is 13.4. The third-order valence-electron chi connectivity index (χ3n) is 5.39. The smallest absolute Gasteiger partial charge is 0.253 e. The Morgan fingerprint density at radius 3 is 2.61 bits per heavy atom. The Bertz CT molecular complexity index is 800. The van der Waals surface area contributed by atoms with Gasteiger partial charge in [-0.25, -0.2) is 8.78 Å². The molecule has 0 radical (unpaired) electrons. The molecule has 2 fully saturated rings. The van der Waals surface area contributed by atoms with Crippen LogP contribution in [0.3, 0.4) is 0 Å². The Kier molecular flexibility index (Phi) is 6.94. The fourth-order valence-electron chi connectivity index (χ4n) is 3.70. The minimum atomic E-state index is -2.54. The zero-order valence-corrected chi connectivity index (χ0v) is 16.9. The van der Waals surface area contributed by atoms with E-state index in [0.717, 1.165) is 18.9 Å². The Hall–Kier alpha value is -1.66. The van der Waals surface area contributed by atoms with E-state index in [1.807, 2.05) is 23.6 Å². The second-order valence-electron chi connectivity index (χ2n) is 7.60. The SMILES string of the molecule is C1CCOC1.Cc1cc(C(=O)NCC2CCC(F)(F)CC2)c2c(Cl)cccn12. The molecule has 1 saturated heterocycles. The number of hydrogen-bond acceptors (Lipinski definition) is 2. The van der Waals surface area contributed by atoms with Gasteiger partial charge in [-0.15, -0.1) is 0 Å². The number of carbonyl (C=O) groups is 1. The molecule has 0 atom stereocenters. The molecular formula is C21H27ClF2N2O2. The lowest BCUT2D eigenvalue weighted by molar-refractivity contribution is -0.0452. The van der Waals surface area contributed by atoms with Crippen LogP contribution in [0.15, 0.2) is 24.4 Å². The first-order valence-corrected chi connectivity index (χ1v) is 10.2. The molecule has 2 aromatic rings. The molecule has 0 unspecified atom stereocenters. The van der Waals surface area contributed by atoms with E-state index in [1.54, 1.807) is 12.1 Å². The highest BCUT2D eigenvalue weighted by Crippen LogP contribution is 2.35. The Labute approximate surface area is 169 Å². The number of carbonyl (C=O) groups excluding carboxylic acids is 1. The van der Waals surface area contributed by atoms with Crippen LogP contribution in [0, 0.1) is 12.8 Å². The van der Waals surface area contributed by atoms with E-state index in [1.165, 1.54) is 12.8 Å². The van der Waals surface area contributed by atoms with Gasteiger partial charge < -0.3 is 14.5 Å². The molecule has 1 aliphatic heterocycles. The number of ether oxygens (including phenoxy) is 1. The number of halogens is 3. The van der Waals surface area contributed by atoms with Crippen molar-refractivity contribution in [3.8, 4) is 0 Å². The molecule has 1 aliphatic carbocycles. The Balaban J connectivity index is 0.000000391. The summed E-state index contributed by atoms with van der Waals surface area (Å²) >= 11 is 6.22. The number of alkyl halides is 2. The van der Waals surface area contributed by atoms with Crippen LogP contribution in [0.1, 0.15) is 54.6 Å². The van der Waals surface area contributed by atoms with Crippen LogP contribution < -0.4 is 5.32 Å². The van der Waals surface area contributed by atoms with Crippen molar-refractivity contribution in [2.45, 2.75) is 51.4 Å². The van der Waals surface area contributed by atoms with Gasteiger partial charge in [-0.05, 0) is 56.7 Å². The summed E-state index contributed by atoms with van der Waals surface area (Å²) < 4.78 is 33.1. The Morgan fingerprint density at radius 2 is 2.00 bits per heavy atom. The molecule has 2 aliphatic rings. The summed E-state index contributed by atoms with van der Waals surface area (Å²) in [4.78, 5) is 12.5. The number of fused-ring (bicyclic) bond motifs is 1. The molecule has 0 spiro atoms. The topological polar surface area (TPSA) is 42.7 Å². The van der Waals surface area contributed by atoms with Crippen LogP contribution in [-0.2, 0) is 4.74 Å². The molecule has 1 saturated carbocycles. The molecule has 28 heavy (non-hydrogen) atoms. The van der Waals surface area contributed by atoms with Crippen molar-refractivity contribution in [1.82, 2.24) is 9.72 Å². The van der Waals surface area contributed by atoms with Crippen molar-refractivity contribution >= 4 is 23.0 Å². The van der Waals surface area contributed by atoms with Gasteiger partial charge in [-0.3, -0.25) is 4.79 Å². The molecule has 2 aromatic heterocycles. The number of nitrogens with zero attached hydrogens (tertiary/aromatic N) is 1. The quantitative estimate of drug-likeness (QED) is 0.747. The third-order valence-corrected chi connectivity index (χ3v) is 5.70. The first-order valence-electron chi connectivity index (χ1n) is 9.87. The van der Waals surface area contributed by atoms with E-state index in [2.05, 4.69) is 5.32 Å². The highest BCUT2D eigenvalue weighted by atomic mass is 35.5. The maximum absolute atomic E-state index is 13.2. The largest absolute Gasteiger partial charge is 0.381 e. The van der Waals surface area contributed by atoms with Crippen molar-refractivity contribution in [3.05, 3.63) is 40.7 Å². The monoisotopic (exact) mass is 412 g/mol. The standard InChI is InChI=1S/C17H19ClF2N2O.C4H8O/c1-11-9-13(15-14(18)3-2-8-22(11)15)16(23)21-10-12-4-6-17(19,20)7-5-12;1-2-4-5-3-1/h2-3,8-9,12H,4-7,10H2,1H3,(H,21,23);1-4H2. The number of nitrogens with one attached hydrogen (secondary N) is 1. The molecule has 4 rings (SSSR count). The highest BCUT2D eigenvalue weighted by Gasteiger charge is 2.34. The van der Waals surface area contributed by atoms with Crippen LogP contribution in [0.2, 0.25) is 5.02 Å². The van der Waals surface area contributed by atoms with E-state index in [0.29, 0.717) is 35.5 Å². The zero-order chi connectivity index (χ0) is 20.1. The highest BCUT2D eigenvalue weighted by molar-refractivity contribution is 6.34. The van der Waals surface area contributed by atoms with Crippen LogP contribution in [0.4, 0.5) is 8.78 Å². The van der Waals surface area contributed by atoms with E-state index < -0.39 is 5.92 Å². The maximum atomic E-state index is 13.2. The summed E-state index contributed by atoms with van der Waals surface area (Å²) in [6, 6.07) is 5.37. The zero-order valence-electron chi connectivity index (χ0n) is 16.1. The van der Waals surface area contributed by atoms with Crippen molar-refractivity contribution in [2.24, 2.45) is 5.92 Å². The number of hydrogen-bond donors (Lipinski definition) is 1.